The summed E-state index contributed by atoms with van der Waals surface area (Å²) >= 11 is 0. The van der Waals surface area contributed by atoms with Gasteiger partial charge in [0.25, 0.3) is 0 Å². The van der Waals surface area contributed by atoms with Gasteiger partial charge >= 0.3 is 6.03 Å². The van der Waals surface area contributed by atoms with Gasteiger partial charge in [-0.1, -0.05) is 42.5 Å². The molecule has 0 aromatic heterocycles. The number of benzene rings is 2. The molecule has 0 unspecified atom stereocenters. The van der Waals surface area contributed by atoms with Crippen molar-refractivity contribution in [1.82, 2.24) is 15.1 Å². The van der Waals surface area contributed by atoms with Gasteiger partial charge in [-0.15, -0.1) is 0 Å². The summed E-state index contributed by atoms with van der Waals surface area (Å²) in [6.07, 6.45) is 0. The zero-order chi connectivity index (χ0) is 19.1. The molecule has 142 valence electrons. The minimum Gasteiger partial charge on any atom is -0.351 e. The highest BCUT2D eigenvalue weighted by molar-refractivity contribution is 5.89. The maximum atomic E-state index is 12.4. The maximum Gasteiger partial charge on any atom is 0.321 e. The molecule has 0 radical (unpaired) electrons. The van der Waals surface area contributed by atoms with Crippen LogP contribution < -0.4 is 10.6 Å². The molecule has 1 aliphatic heterocycles. The third kappa shape index (κ3) is 5.82. The first-order valence-corrected chi connectivity index (χ1v) is 9.26. The standard InChI is InChI=1S/C21H26N4O2/c1-17-6-5-9-19(14-17)23-21(27)25-12-10-24(11-13-25)16-20(26)22-15-18-7-3-2-4-8-18/h2-9,14H,10-13,15-16H2,1H3,(H,22,26)(H,23,27). The fourth-order valence-electron chi connectivity index (χ4n) is 3.09. The number of amides is 3. The van der Waals surface area contributed by atoms with Gasteiger partial charge < -0.3 is 15.5 Å². The van der Waals surface area contributed by atoms with Gasteiger partial charge in [0.2, 0.25) is 5.91 Å². The Kier molecular flexibility index (Phi) is 6.44. The predicted molar refractivity (Wildman–Crippen MR) is 106 cm³/mol. The van der Waals surface area contributed by atoms with Crippen LogP contribution in [0.1, 0.15) is 11.1 Å². The molecule has 1 saturated heterocycles. The fourth-order valence-corrected chi connectivity index (χ4v) is 3.09. The first kappa shape index (κ1) is 18.9. The first-order chi connectivity index (χ1) is 13.1. The molecule has 3 rings (SSSR count). The van der Waals surface area contributed by atoms with Crippen molar-refractivity contribution in [3.8, 4) is 0 Å². The summed E-state index contributed by atoms with van der Waals surface area (Å²) in [6.45, 7) is 5.52. The molecule has 0 spiro atoms. The Hall–Kier alpha value is -2.86. The average molecular weight is 366 g/mol. The molecule has 2 aromatic carbocycles. The predicted octanol–water partition coefficient (Wildman–Crippen LogP) is 2.46. The van der Waals surface area contributed by atoms with Crippen molar-refractivity contribution >= 4 is 17.6 Å². The maximum absolute atomic E-state index is 12.4. The van der Waals surface area contributed by atoms with E-state index in [2.05, 4.69) is 15.5 Å². The van der Waals surface area contributed by atoms with Crippen molar-refractivity contribution in [1.29, 1.82) is 0 Å². The molecular formula is C21H26N4O2. The smallest absolute Gasteiger partial charge is 0.321 e. The molecule has 3 amide bonds. The number of hydrogen-bond donors (Lipinski definition) is 2. The van der Waals surface area contributed by atoms with Gasteiger partial charge in [0, 0.05) is 38.4 Å². The summed E-state index contributed by atoms with van der Waals surface area (Å²) in [6, 6.07) is 17.5. The van der Waals surface area contributed by atoms with Crippen LogP contribution >= 0.6 is 0 Å². The van der Waals surface area contributed by atoms with Crippen LogP contribution in [0, 0.1) is 6.92 Å². The molecule has 1 aliphatic rings. The van der Waals surface area contributed by atoms with Gasteiger partial charge in [-0.25, -0.2) is 4.79 Å². The lowest BCUT2D eigenvalue weighted by molar-refractivity contribution is -0.122. The third-order valence-electron chi connectivity index (χ3n) is 4.63. The molecular weight excluding hydrogens is 340 g/mol. The Bertz CT molecular complexity index is 771. The van der Waals surface area contributed by atoms with Crippen LogP contribution in [-0.2, 0) is 11.3 Å². The van der Waals surface area contributed by atoms with E-state index >= 15 is 0 Å². The van der Waals surface area contributed by atoms with Crippen molar-refractivity contribution in [2.24, 2.45) is 0 Å². The summed E-state index contributed by atoms with van der Waals surface area (Å²) < 4.78 is 0. The van der Waals surface area contributed by atoms with E-state index in [1.807, 2.05) is 61.5 Å². The number of rotatable bonds is 5. The summed E-state index contributed by atoms with van der Waals surface area (Å²) in [5.74, 6) is 0.0107. The van der Waals surface area contributed by atoms with Gasteiger partial charge in [0.05, 0.1) is 6.54 Å². The van der Waals surface area contributed by atoms with Crippen LogP contribution in [0.3, 0.4) is 0 Å². The quantitative estimate of drug-likeness (QED) is 0.854. The lowest BCUT2D eigenvalue weighted by Crippen LogP contribution is -2.52. The number of nitrogens with one attached hydrogen (secondary N) is 2. The molecule has 6 nitrogen and oxygen atoms in total. The molecule has 0 saturated carbocycles. The summed E-state index contributed by atoms with van der Waals surface area (Å²) in [5.41, 5.74) is 3.00. The molecule has 2 N–H and O–H groups in total. The van der Waals surface area contributed by atoms with E-state index in [1.165, 1.54) is 0 Å². The summed E-state index contributed by atoms with van der Waals surface area (Å²) in [7, 11) is 0. The average Bonchev–Trinajstić information content (AvgIpc) is 2.68. The Labute approximate surface area is 160 Å². The van der Waals surface area contributed by atoms with Crippen LogP contribution in [0.2, 0.25) is 0 Å². The second-order valence-electron chi connectivity index (χ2n) is 6.83. The molecule has 0 aliphatic carbocycles. The normalized spacial score (nSPS) is 14.6. The molecule has 27 heavy (non-hydrogen) atoms. The van der Waals surface area contributed by atoms with Gasteiger partial charge in [-0.05, 0) is 30.2 Å². The number of urea groups is 1. The SMILES string of the molecule is Cc1cccc(NC(=O)N2CCN(CC(=O)NCc3ccccc3)CC2)c1. The van der Waals surface area contributed by atoms with Crippen molar-refractivity contribution in [2.45, 2.75) is 13.5 Å². The van der Waals surface area contributed by atoms with Crippen LogP contribution in [0.15, 0.2) is 54.6 Å². The third-order valence-corrected chi connectivity index (χ3v) is 4.63. The number of carbonyl (C=O) groups excluding carboxylic acids is 2. The van der Waals surface area contributed by atoms with Crippen LogP contribution in [0.25, 0.3) is 0 Å². The number of piperazine rings is 1. The molecule has 2 aromatic rings. The Morgan fingerprint density at radius 1 is 0.963 bits per heavy atom. The van der Waals surface area contributed by atoms with Gasteiger partial charge in [0.1, 0.15) is 0 Å². The second-order valence-corrected chi connectivity index (χ2v) is 6.83. The van der Waals surface area contributed by atoms with Gasteiger partial charge in [-0.3, -0.25) is 9.69 Å². The highest BCUT2D eigenvalue weighted by Gasteiger charge is 2.22. The Morgan fingerprint density at radius 3 is 2.41 bits per heavy atom. The molecule has 1 fully saturated rings. The van der Waals surface area contributed by atoms with Crippen molar-refractivity contribution in [2.75, 3.05) is 38.0 Å². The van der Waals surface area contributed by atoms with Crippen molar-refractivity contribution < 1.29 is 9.59 Å². The van der Waals surface area contributed by atoms with Crippen LogP contribution in [0.5, 0.6) is 0 Å². The number of aryl methyl sites for hydroxylation is 1. The van der Waals surface area contributed by atoms with Crippen molar-refractivity contribution in [3.05, 3.63) is 65.7 Å². The van der Waals surface area contributed by atoms with Crippen LogP contribution in [0.4, 0.5) is 10.5 Å². The van der Waals surface area contributed by atoms with Gasteiger partial charge in [0.15, 0.2) is 0 Å². The minimum absolute atomic E-state index is 0.0107. The van der Waals surface area contributed by atoms with Crippen LogP contribution in [-0.4, -0.2) is 54.5 Å². The monoisotopic (exact) mass is 366 g/mol. The molecule has 6 heteroatoms. The molecule has 0 bridgehead atoms. The second kappa shape index (κ2) is 9.19. The zero-order valence-corrected chi connectivity index (χ0v) is 15.6. The number of nitrogens with zero attached hydrogens (tertiary/aromatic N) is 2. The summed E-state index contributed by atoms with van der Waals surface area (Å²) in [4.78, 5) is 28.4. The fraction of sp³-hybridized carbons (Fsp3) is 0.333. The van der Waals surface area contributed by atoms with Gasteiger partial charge in [-0.2, -0.15) is 0 Å². The lowest BCUT2D eigenvalue weighted by atomic mass is 10.2. The largest absolute Gasteiger partial charge is 0.351 e. The Morgan fingerprint density at radius 2 is 1.70 bits per heavy atom. The van der Waals surface area contributed by atoms with E-state index < -0.39 is 0 Å². The minimum atomic E-state index is -0.0891. The van der Waals surface area contributed by atoms with E-state index in [1.54, 1.807) is 4.90 Å². The first-order valence-electron chi connectivity index (χ1n) is 9.26. The number of hydrogen-bond acceptors (Lipinski definition) is 3. The molecule has 0 atom stereocenters. The van der Waals surface area contributed by atoms with Crippen molar-refractivity contribution in [3.63, 3.8) is 0 Å². The summed E-state index contributed by atoms with van der Waals surface area (Å²) in [5, 5.41) is 5.88. The lowest BCUT2D eigenvalue weighted by Gasteiger charge is -2.34. The van der Waals surface area contributed by atoms with E-state index in [0.29, 0.717) is 39.3 Å². The van der Waals surface area contributed by atoms with E-state index in [-0.39, 0.29) is 11.9 Å². The van der Waals surface area contributed by atoms with E-state index in [9.17, 15) is 9.59 Å². The van der Waals surface area contributed by atoms with E-state index in [4.69, 9.17) is 0 Å². The molecule has 1 heterocycles. The topological polar surface area (TPSA) is 64.7 Å². The highest BCUT2D eigenvalue weighted by atomic mass is 16.2. The Balaban J connectivity index is 1.39. The van der Waals surface area contributed by atoms with E-state index in [0.717, 1.165) is 16.8 Å². The number of anilines is 1. The number of carbonyl (C=O) groups is 2. The highest BCUT2D eigenvalue weighted by Crippen LogP contribution is 2.11. The zero-order valence-electron chi connectivity index (χ0n) is 15.6.